The van der Waals surface area contributed by atoms with Crippen molar-refractivity contribution in [3.63, 3.8) is 0 Å². The van der Waals surface area contributed by atoms with Crippen LogP contribution < -0.4 is 5.32 Å². The molecule has 1 unspecified atom stereocenters. The predicted octanol–water partition coefficient (Wildman–Crippen LogP) is 4.97. The van der Waals surface area contributed by atoms with Gasteiger partial charge in [0.05, 0.1) is 21.3 Å². The Morgan fingerprint density at radius 1 is 1.03 bits per heavy atom. The Kier molecular flexibility index (Phi) is 7.34. The van der Waals surface area contributed by atoms with Crippen molar-refractivity contribution in [2.45, 2.75) is 43.0 Å². The number of anilines is 1. The van der Waals surface area contributed by atoms with Gasteiger partial charge >= 0.3 is 5.51 Å². The number of rotatable bonds is 5. The zero-order valence-electron chi connectivity index (χ0n) is 19.9. The fourth-order valence-corrected chi connectivity index (χ4v) is 5.56. The van der Waals surface area contributed by atoms with E-state index in [4.69, 9.17) is 0 Å². The van der Waals surface area contributed by atoms with E-state index in [0.29, 0.717) is 21.6 Å². The molecule has 192 valence electrons. The summed E-state index contributed by atoms with van der Waals surface area (Å²) in [4.78, 5) is 16.8. The summed E-state index contributed by atoms with van der Waals surface area (Å²) in [6.45, 7) is 6.41. The lowest BCUT2D eigenvalue weighted by molar-refractivity contribution is -0.0436. The van der Waals surface area contributed by atoms with Gasteiger partial charge in [0.1, 0.15) is 5.75 Å². The SMILES string of the molecule is Cc1cc(S(=O)(=O)C(F)(F)F)ccc1NC(=O)c1c(C)c(S(C)=O)cc(-c2c(C)cncc2C)c1O. The van der Waals surface area contributed by atoms with E-state index >= 15 is 0 Å². The number of aryl methyl sites for hydroxylation is 3. The van der Waals surface area contributed by atoms with Crippen LogP contribution in [-0.2, 0) is 20.6 Å². The second-order valence-corrected chi connectivity index (χ2v) is 11.5. The number of carbonyl (C=O) groups excluding carboxylic acids is 1. The maximum atomic E-state index is 13.3. The first-order valence-corrected chi connectivity index (χ1v) is 13.5. The van der Waals surface area contributed by atoms with Crippen molar-refractivity contribution < 1.29 is 35.7 Å². The molecule has 3 rings (SSSR count). The van der Waals surface area contributed by atoms with Crippen LogP contribution in [0.3, 0.4) is 0 Å². The van der Waals surface area contributed by atoms with Gasteiger partial charge in [0.25, 0.3) is 15.7 Å². The molecule has 1 heterocycles. The van der Waals surface area contributed by atoms with Gasteiger partial charge in [-0.2, -0.15) is 13.2 Å². The second kappa shape index (κ2) is 9.66. The molecular weight excluding hydrogens is 517 g/mol. The first-order chi connectivity index (χ1) is 16.6. The van der Waals surface area contributed by atoms with Crippen molar-refractivity contribution in [3.05, 3.63) is 64.5 Å². The Morgan fingerprint density at radius 3 is 2.11 bits per heavy atom. The Hall–Kier alpha value is -3.25. The Labute approximate surface area is 208 Å². The quantitative estimate of drug-likeness (QED) is 0.472. The van der Waals surface area contributed by atoms with Crippen molar-refractivity contribution in [1.82, 2.24) is 4.98 Å². The van der Waals surface area contributed by atoms with Crippen LogP contribution in [0, 0.1) is 27.7 Å². The number of benzene rings is 2. The van der Waals surface area contributed by atoms with E-state index < -0.39 is 36.9 Å². The van der Waals surface area contributed by atoms with Crippen LogP contribution in [0.1, 0.15) is 32.6 Å². The molecule has 0 saturated heterocycles. The maximum Gasteiger partial charge on any atom is 0.501 e. The highest BCUT2D eigenvalue weighted by molar-refractivity contribution is 7.92. The summed E-state index contributed by atoms with van der Waals surface area (Å²) in [6, 6.07) is 4.13. The number of amides is 1. The van der Waals surface area contributed by atoms with Crippen LogP contribution in [0.25, 0.3) is 11.1 Å². The van der Waals surface area contributed by atoms with Gasteiger partial charge in [0.15, 0.2) is 0 Å². The van der Waals surface area contributed by atoms with E-state index in [0.717, 1.165) is 18.2 Å². The molecule has 0 fully saturated rings. The van der Waals surface area contributed by atoms with E-state index in [9.17, 15) is 35.7 Å². The average molecular weight is 541 g/mol. The number of phenols is 1. The fourth-order valence-electron chi connectivity index (χ4n) is 3.90. The van der Waals surface area contributed by atoms with E-state index in [-0.39, 0.29) is 33.7 Å². The van der Waals surface area contributed by atoms with Gasteiger partial charge in [0, 0.05) is 34.8 Å². The summed E-state index contributed by atoms with van der Waals surface area (Å²) in [6.07, 6.45) is 4.61. The van der Waals surface area contributed by atoms with Gasteiger partial charge in [-0.05, 0) is 79.8 Å². The maximum absolute atomic E-state index is 13.3. The number of phenolic OH excluding ortho intramolecular Hbond substituents is 1. The molecule has 3 aromatic rings. The first kappa shape index (κ1) is 27.3. The topological polar surface area (TPSA) is 113 Å². The van der Waals surface area contributed by atoms with Gasteiger partial charge in [-0.1, -0.05) is 0 Å². The summed E-state index contributed by atoms with van der Waals surface area (Å²) in [5.74, 6) is -1.18. The van der Waals surface area contributed by atoms with Gasteiger partial charge in [-0.15, -0.1) is 0 Å². The Morgan fingerprint density at radius 2 is 1.61 bits per heavy atom. The minimum absolute atomic E-state index is 0.0424. The number of carbonyl (C=O) groups is 1. The molecule has 0 saturated carbocycles. The number of halogens is 3. The molecule has 0 spiro atoms. The molecular formula is C24H23F3N2O5S2. The minimum Gasteiger partial charge on any atom is -0.506 e. The van der Waals surface area contributed by atoms with Gasteiger partial charge in [0.2, 0.25) is 0 Å². The monoisotopic (exact) mass is 540 g/mol. The van der Waals surface area contributed by atoms with Gasteiger partial charge in [-0.3, -0.25) is 14.0 Å². The molecule has 0 aliphatic heterocycles. The van der Waals surface area contributed by atoms with Crippen molar-refractivity contribution in [2.75, 3.05) is 11.6 Å². The molecule has 1 atom stereocenters. The van der Waals surface area contributed by atoms with E-state index in [1.54, 1.807) is 32.3 Å². The number of sulfone groups is 1. The van der Waals surface area contributed by atoms with Gasteiger partial charge < -0.3 is 10.4 Å². The zero-order valence-corrected chi connectivity index (χ0v) is 21.6. The van der Waals surface area contributed by atoms with Crippen molar-refractivity contribution in [3.8, 4) is 16.9 Å². The number of hydrogen-bond acceptors (Lipinski definition) is 6. The van der Waals surface area contributed by atoms with Crippen molar-refractivity contribution in [2.24, 2.45) is 0 Å². The molecule has 36 heavy (non-hydrogen) atoms. The molecule has 12 heteroatoms. The summed E-state index contributed by atoms with van der Waals surface area (Å²) in [5, 5.41) is 13.7. The van der Waals surface area contributed by atoms with Crippen LogP contribution in [0.2, 0.25) is 0 Å². The molecule has 0 aliphatic carbocycles. The third-order valence-corrected chi connectivity index (χ3v) is 8.23. The molecule has 0 aliphatic rings. The molecule has 0 radical (unpaired) electrons. The molecule has 0 bridgehead atoms. The minimum atomic E-state index is -5.56. The normalized spacial score (nSPS) is 12.9. The van der Waals surface area contributed by atoms with Crippen LogP contribution in [0.15, 0.2) is 46.5 Å². The number of nitrogens with one attached hydrogen (secondary N) is 1. The number of hydrogen-bond donors (Lipinski definition) is 2. The lowest BCUT2D eigenvalue weighted by Crippen LogP contribution is -2.23. The predicted molar refractivity (Wildman–Crippen MR) is 130 cm³/mol. The second-order valence-electron chi connectivity index (χ2n) is 8.25. The smallest absolute Gasteiger partial charge is 0.501 e. The lowest BCUT2D eigenvalue weighted by atomic mass is 9.93. The molecule has 7 nitrogen and oxygen atoms in total. The molecule has 2 N–H and O–H groups in total. The summed E-state index contributed by atoms with van der Waals surface area (Å²) in [5.41, 5.74) is -2.97. The van der Waals surface area contributed by atoms with E-state index in [1.807, 2.05) is 0 Å². The Bertz CT molecular complexity index is 1500. The van der Waals surface area contributed by atoms with Crippen LogP contribution >= 0.6 is 0 Å². The highest BCUT2D eigenvalue weighted by Gasteiger charge is 2.47. The lowest BCUT2D eigenvalue weighted by Gasteiger charge is -2.19. The average Bonchev–Trinajstić information content (AvgIpc) is 2.75. The molecule has 1 aromatic heterocycles. The van der Waals surface area contributed by atoms with E-state index in [2.05, 4.69) is 10.3 Å². The molecule has 2 aromatic carbocycles. The van der Waals surface area contributed by atoms with Crippen LogP contribution in [-0.4, -0.2) is 40.4 Å². The third-order valence-electron chi connectivity index (χ3n) is 5.70. The standard InChI is InChI=1S/C24H23F3N2O5S2/c1-12-8-16(36(33,34)24(25,26)27)6-7-18(12)29-23(31)21-15(4)19(35(5)32)9-17(22(21)30)20-13(2)10-28-11-14(20)3/h6-11,30H,1-5H3,(H,29,31). The number of alkyl halides is 3. The van der Waals surface area contributed by atoms with Gasteiger partial charge in [-0.25, -0.2) is 8.42 Å². The summed E-state index contributed by atoms with van der Waals surface area (Å²) >= 11 is 0. The Balaban J connectivity index is 2.14. The van der Waals surface area contributed by atoms with E-state index in [1.165, 1.54) is 20.1 Å². The third kappa shape index (κ3) is 4.87. The van der Waals surface area contributed by atoms with Crippen LogP contribution in [0.4, 0.5) is 18.9 Å². The zero-order chi connectivity index (χ0) is 27.2. The number of nitrogens with zero attached hydrogens (tertiary/aromatic N) is 1. The summed E-state index contributed by atoms with van der Waals surface area (Å²) < 4.78 is 74.6. The number of pyridine rings is 1. The van der Waals surface area contributed by atoms with Crippen LogP contribution in [0.5, 0.6) is 5.75 Å². The first-order valence-electron chi connectivity index (χ1n) is 10.4. The molecule has 1 amide bonds. The number of aromatic hydroxyl groups is 1. The highest BCUT2D eigenvalue weighted by atomic mass is 32.2. The highest BCUT2D eigenvalue weighted by Crippen LogP contribution is 2.40. The summed E-state index contributed by atoms with van der Waals surface area (Å²) in [7, 11) is -7.09. The number of aromatic nitrogens is 1. The largest absolute Gasteiger partial charge is 0.506 e. The fraction of sp³-hybridized carbons (Fsp3) is 0.250. The van der Waals surface area contributed by atoms with Crippen molar-refractivity contribution >= 4 is 32.2 Å². The van der Waals surface area contributed by atoms with Crippen molar-refractivity contribution in [1.29, 1.82) is 0 Å².